The Hall–Kier alpha value is 0.180. The maximum Gasteiger partial charge on any atom is 0.188 e. The van der Waals surface area contributed by atoms with Crippen LogP contribution < -0.4 is 11.1 Å². The average molecular weight is 446 g/mol. The number of aliphatic imine (C=N–C) groups is 1. The highest BCUT2D eigenvalue weighted by Gasteiger charge is 1.97. The summed E-state index contributed by atoms with van der Waals surface area (Å²) in [5.41, 5.74) is 5.77. The number of guanidine groups is 1. The van der Waals surface area contributed by atoms with Gasteiger partial charge in [-0.3, -0.25) is 0 Å². The van der Waals surface area contributed by atoms with Crippen molar-refractivity contribution in [2.45, 2.75) is 39.2 Å². The minimum atomic E-state index is 0. The quantitative estimate of drug-likeness (QED) is 0.287. The number of halogens is 2. The van der Waals surface area contributed by atoms with E-state index in [9.17, 15) is 0 Å². The van der Waals surface area contributed by atoms with Crippen LogP contribution in [0.3, 0.4) is 0 Å². The van der Waals surface area contributed by atoms with Crippen LogP contribution in [0.5, 0.6) is 0 Å². The molecule has 0 atom stereocenters. The van der Waals surface area contributed by atoms with Gasteiger partial charge in [0.15, 0.2) is 5.96 Å². The van der Waals surface area contributed by atoms with Crippen LogP contribution in [-0.2, 0) is 6.54 Å². The second-order valence-corrected chi connectivity index (χ2v) is 6.44. The van der Waals surface area contributed by atoms with Gasteiger partial charge >= 0.3 is 0 Å². The molecule has 1 aromatic rings. The van der Waals surface area contributed by atoms with Crippen LogP contribution in [0.4, 0.5) is 0 Å². The van der Waals surface area contributed by atoms with Crippen molar-refractivity contribution in [1.82, 2.24) is 5.32 Å². The third-order valence-corrected chi connectivity index (χ3v) is 3.98. The summed E-state index contributed by atoms with van der Waals surface area (Å²) in [5, 5.41) is 3.14. The van der Waals surface area contributed by atoms with Crippen LogP contribution >= 0.6 is 51.2 Å². The Balaban J connectivity index is 0.00000289. The van der Waals surface area contributed by atoms with Crippen molar-refractivity contribution in [3.8, 4) is 0 Å². The highest BCUT2D eigenvalue weighted by Crippen LogP contribution is 2.22. The van der Waals surface area contributed by atoms with E-state index in [1.807, 2.05) is 6.07 Å². The van der Waals surface area contributed by atoms with E-state index in [0.29, 0.717) is 12.5 Å². The highest BCUT2D eigenvalue weighted by atomic mass is 127. The maximum absolute atomic E-state index is 5.77. The molecule has 0 unspecified atom stereocenters. The van der Waals surface area contributed by atoms with Crippen LogP contribution in [0.2, 0.25) is 0 Å². The van der Waals surface area contributed by atoms with Crippen molar-refractivity contribution in [2.24, 2.45) is 10.7 Å². The fourth-order valence-electron chi connectivity index (χ4n) is 1.42. The lowest BCUT2D eigenvalue weighted by Crippen LogP contribution is -2.32. The second kappa shape index (κ2) is 11.0. The van der Waals surface area contributed by atoms with Gasteiger partial charge in [-0.1, -0.05) is 26.2 Å². The Morgan fingerprint density at radius 1 is 1.39 bits per heavy atom. The predicted octanol–water partition coefficient (Wildman–Crippen LogP) is 4.11. The summed E-state index contributed by atoms with van der Waals surface area (Å²) >= 11 is 5.12. The zero-order chi connectivity index (χ0) is 12.5. The summed E-state index contributed by atoms with van der Waals surface area (Å²) in [6.07, 6.45) is 4.97. The molecule has 0 radical (unpaired) electrons. The van der Waals surface area contributed by atoms with E-state index in [4.69, 9.17) is 5.73 Å². The lowest BCUT2D eigenvalue weighted by atomic mass is 10.2. The molecule has 0 bridgehead atoms. The van der Waals surface area contributed by atoms with Crippen molar-refractivity contribution in [3.63, 3.8) is 0 Å². The van der Waals surface area contributed by atoms with Gasteiger partial charge < -0.3 is 11.1 Å². The van der Waals surface area contributed by atoms with Crippen molar-refractivity contribution in [2.75, 3.05) is 6.54 Å². The standard InChI is InChI=1S/C12H20BrN3S.HI/c1-2-3-4-5-8-15-12(14)16-9-10-6-7-11(13)17-10;/h6-7H,2-5,8-9H2,1H3,(H3,14,15,16);1H. The summed E-state index contributed by atoms with van der Waals surface area (Å²) in [6, 6.07) is 4.09. The van der Waals surface area contributed by atoms with Gasteiger partial charge in [0.1, 0.15) is 0 Å². The predicted molar refractivity (Wildman–Crippen MR) is 94.9 cm³/mol. The van der Waals surface area contributed by atoms with E-state index in [2.05, 4.69) is 39.2 Å². The molecule has 3 N–H and O–H groups in total. The molecule has 6 heteroatoms. The monoisotopic (exact) mass is 445 g/mol. The number of unbranched alkanes of at least 4 members (excludes halogenated alkanes) is 3. The summed E-state index contributed by atoms with van der Waals surface area (Å²) in [4.78, 5) is 5.51. The Labute approximate surface area is 139 Å². The van der Waals surface area contributed by atoms with Crippen molar-refractivity contribution >= 4 is 57.2 Å². The molecule has 104 valence electrons. The first kappa shape index (κ1) is 18.2. The zero-order valence-corrected chi connectivity index (χ0v) is 15.3. The van der Waals surface area contributed by atoms with Crippen LogP contribution in [0.25, 0.3) is 0 Å². The van der Waals surface area contributed by atoms with Gasteiger partial charge in [0.05, 0.1) is 10.3 Å². The topological polar surface area (TPSA) is 50.4 Å². The van der Waals surface area contributed by atoms with E-state index in [1.165, 1.54) is 24.1 Å². The van der Waals surface area contributed by atoms with E-state index in [-0.39, 0.29) is 24.0 Å². The zero-order valence-electron chi connectivity index (χ0n) is 10.6. The normalized spacial score (nSPS) is 11.1. The Bertz CT molecular complexity index is 355. The summed E-state index contributed by atoms with van der Waals surface area (Å²) < 4.78 is 1.13. The lowest BCUT2D eigenvalue weighted by molar-refractivity contribution is 0.652. The summed E-state index contributed by atoms with van der Waals surface area (Å²) in [6.45, 7) is 3.79. The Kier molecular flexibility index (Phi) is 11.2. The summed E-state index contributed by atoms with van der Waals surface area (Å²) in [7, 11) is 0. The summed E-state index contributed by atoms with van der Waals surface area (Å²) in [5.74, 6) is 0.547. The smallest absolute Gasteiger partial charge is 0.188 e. The third-order valence-electron chi connectivity index (χ3n) is 2.37. The first-order chi connectivity index (χ1) is 8.22. The molecule has 0 aliphatic heterocycles. The SMILES string of the molecule is CCCCCCNC(N)=NCc1ccc(Br)s1.I. The molecule has 0 amide bonds. The largest absolute Gasteiger partial charge is 0.370 e. The molecule has 0 fully saturated rings. The molecule has 0 aromatic carbocycles. The third kappa shape index (κ3) is 8.31. The van der Waals surface area contributed by atoms with Gasteiger partial charge in [-0.05, 0) is 34.5 Å². The van der Waals surface area contributed by atoms with Crippen molar-refractivity contribution in [3.05, 3.63) is 20.8 Å². The number of nitrogens with zero attached hydrogens (tertiary/aromatic N) is 1. The Morgan fingerprint density at radius 2 is 2.17 bits per heavy atom. The van der Waals surface area contributed by atoms with Crippen LogP contribution in [0.1, 0.15) is 37.5 Å². The molecular weight excluding hydrogens is 425 g/mol. The van der Waals surface area contributed by atoms with Gasteiger partial charge in [-0.15, -0.1) is 35.3 Å². The molecule has 1 aromatic heterocycles. The molecule has 18 heavy (non-hydrogen) atoms. The second-order valence-electron chi connectivity index (χ2n) is 3.89. The van der Waals surface area contributed by atoms with Gasteiger partial charge in [0.2, 0.25) is 0 Å². The number of rotatable bonds is 7. The van der Waals surface area contributed by atoms with Gasteiger partial charge in [-0.25, -0.2) is 4.99 Å². The minimum Gasteiger partial charge on any atom is -0.370 e. The number of nitrogens with two attached hydrogens (primary N) is 1. The fourth-order valence-corrected chi connectivity index (χ4v) is 2.83. The fraction of sp³-hybridized carbons (Fsp3) is 0.583. The molecule has 0 aliphatic rings. The minimum absolute atomic E-state index is 0. The first-order valence-electron chi connectivity index (χ1n) is 6.00. The van der Waals surface area contributed by atoms with Gasteiger partial charge in [-0.2, -0.15) is 0 Å². The molecule has 3 nitrogen and oxygen atoms in total. The molecule has 1 rings (SSSR count). The van der Waals surface area contributed by atoms with E-state index in [1.54, 1.807) is 11.3 Å². The highest BCUT2D eigenvalue weighted by molar-refractivity contribution is 14.0. The number of nitrogens with one attached hydrogen (secondary N) is 1. The van der Waals surface area contributed by atoms with Crippen molar-refractivity contribution in [1.29, 1.82) is 0 Å². The Morgan fingerprint density at radius 3 is 2.78 bits per heavy atom. The van der Waals surface area contributed by atoms with E-state index < -0.39 is 0 Å². The van der Waals surface area contributed by atoms with Crippen LogP contribution in [0, 0.1) is 0 Å². The van der Waals surface area contributed by atoms with Crippen LogP contribution in [0.15, 0.2) is 20.9 Å². The number of hydrogen-bond acceptors (Lipinski definition) is 2. The van der Waals surface area contributed by atoms with Crippen LogP contribution in [-0.4, -0.2) is 12.5 Å². The molecule has 1 heterocycles. The van der Waals surface area contributed by atoms with E-state index in [0.717, 1.165) is 16.8 Å². The maximum atomic E-state index is 5.77. The van der Waals surface area contributed by atoms with Gasteiger partial charge in [0, 0.05) is 11.4 Å². The van der Waals surface area contributed by atoms with Gasteiger partial charge in [0.25, 0.3) is 0 Å². The molecular formula is C12H21BrIN3S. The lowest BCUT2D eigenvalue weighted by Gasteiger charge is -2.04. The number of hydrogen-bond donors (Lipinski definition) is 2. The molecule has 0 spiro atoms. The molecule has 0 saturated carbocycles. The number of thiophene rings is 1. The first-order valence-corrected chi connectivity index (χ1v) is 7.61. The average Bonchev–Trinajstić information content (AvgIpc) is 2.72. The molecule has 0 aliphatic carbocycles. The molecule has 0 saturated heterocycles. The van der Waals surface area contributed by atoms with E-state index >= 15 is 0 Å². The van der Waals surface area contributed by atoms with Crippen molar-refractivity contribution < 1.29 is 0 Å².